The minimum Gasteiger partial charge on any atom is -0.456 e. The molecule has 0 aliphatic carbocycles. The quantitative estimate of drug-likeness (QED) is 0.473. The first-order valence-electron chi connectivity index (χ1n) is 8.58. The molecule has 3 aromatic rings. The van der Waals surface area contributed by atoms with Crippen LogP contribution in [0.4, 0.5) is 0 Å². The van der Waals surface area contributed by atoms with Crippen molar-refractivity contribution in [1.29, 1.82) is 0 Å². The Morgan fingerprint density at radius 3 is 2.59 bits per heavy atom. The first kappa shape index (κ1) is 18.4. The Hall–Kier alpha value is -3.35. The average molecular weight is 364 g/mol. The fourth-order valence-corrected chi connectivity index (χ4v) is 2.78. The second-order valence-electron chi connectivity index (χ2n) is 6.34. The lowest BCUT2D eigenvalue weighted by atomic mass is 10.0. The molecular weight excluding hydrogens is 344 g/mol. The lowest BCUT2D eigenvalue weighted by Gasteiger charge is -2.15. The van der Waals surface area contributed by atoms with Crippen LogP contribution in [0.5, 0.6) is 0 Å². The second kappa shape index (κ2) is 8.35. The molecule has 7 heteroatoms. The number of hydrogen-bond donors (Lipinski definition) is 0. The van der Waals surface area contributed by atoms with Gasteiger partial charge in [0.1, 0.15) is 6.33 Å². The van der Waals surface area contributed by atoms with Crippen molar-refractivity contribution in [1.82, 2.24) is 20.2 Å². The van der Waals surface area contributed by atoms with Crippen LogP contribution in [-0.2, 0) is 16.0 Å². The topological polar surface area (TPSA) is 87.0 Å². The zero-order valence-electron chi connectivity index (χ0n) is 15.2. The van der Waals surface area contributed by atoms with Crippen LogP contribution in [0.15, 0.2) is 54.9 Å². The Morgan fingerprint density at radius 1 is 1.11 bits per heavy atom. The Bertz CT molecular complexity index is 924. The van der Waals surface area contributed by atoms with Crippen molar-refractivity contribution in [2.24, 2.45) is 0 Å². The maximum Gasteiger partial charge on any atom is 0.331 e. The molecule has 138 valence electrons. The highest BCUT2D eigenvalue weighted by Crippen LogP contribution is 2.16. The SMILES string of the molecule is Cc1ccc(C)c(C(=O)COC(=O)[C@H](Cc2ccccc2)n2cnnn2)c1. The van der Waals surface area contributed by atoms with Crippen molar-refractivity contribution in [3.8, 4) is 0 Å². The molecule has 0 spiro atoms. The average Bonchev–Trinajstić information content (AvgIpc) is 3.21. The molecule has 0 saturated carbocycles. The molecule has 3 rings (SSSR count). The van der Waals surface area contributed by atoms with Gasteiger partial charge < -0.3 is 4.74 Å². The molecule has 2 aromatic carbocycles. The highest BCUT2D eigenvalue weighted by atomic mass is 16.5. The maximum atomic E-state index is 12.6. The van der Waals surface area contributed by atoms with Crippen LogP contribution in [-0.4, -0.2) is 38.6 Å². The van der Waals surface area contributed by atoms with Gasteiger partial charge in [0.25, 0.3) is 0 Å². The number of tetrazole rings is 1. The monoisotopic (exact) mass is 364 g/mol. The number of carbonyl (C=O) groups is 2. The van der Waals surface area contributed by atoms with E-state index < -0.39 is 12.0 Å². The molecule has 0 radical (unpaired) electrons. The lowest BCUT2D eigenvalue weighted by molar-refractivity contribution is -0.146. The minimum atomic E-state index is -0.742. The van der Waals surface area contributed by atoms with Crippen LogP contribution in [0.1, 0.15) is 33.1 Å². The third kappa shape index (κ3) is 4.63. The number of ketones is 1. The van der Waals surface area contributed by atoms with Crippen LogP contribution in [0.2, 0.25) is 0 Å². The van der Waals surface area contributed by atoms with Gasteiger partial charge in [-0.05, 0) is 41.5 Å². The highest BCUT2D eigenvalue weighted by Gasteiger charge is 2.25. The molecule has 27 heavy (non-hydrogen) atoms. The van der Waals surface area contributed by atoms with Crippen molar-refractivity contribution < 1.29 is 14.3 Å². The zero-order chi connectivity index (χ0) is 19.2. The van der Waals surface area contributed by atoms with E-state index >= 15 is 0 Å². The number of esters is 1. The van der Waals surface area contributed by atoms with E-state index in [0.717, 1.165) is 16.7 Å². The first-order valence-corrected chi connectivity index (χ1v) is 8.58. The summed E-state index contributed by atoms with van der Waals surface area (Å²) >= 11 is 0. The van der Waals surface area contributed by atoms with E-state index in [4.69, 9.17) is 4.74 Å². The van der Waals surface area contributed by atoms with Gasteiger partial charge in [-0.3, -0.25) is 4.79 Å². The molecule has 0 saturated heterocycles. The van der Waals surface area contributed by atoms with Gasteiger partial charge >= 0.3 is 5.97 Å². The minimum absolute atomic E-state index is 0.236. The highest BCUT2D eigenvalue weighted by molar-refractivity contribution is 5.99. The predicted molar refractivity (Wildman–Crippen MR) is 98.2 cm³/mol. The summed E-state index contributed by atoms with van der Waals surface area (Å²) in [4.78, 5) is 25.1. The van der Waals surface area contributed by atoms with Crippen molar-refractivity contribution in [2.75, 3.05) is 6.61 Å². The second-order valence-corrected chi connectivity index (χ2v) is 6.34. The molecule has 1 heterocycles. The third-order valence-corrected chi connectivity index (χ3v) is 4.27. The smallest absolute Gasteiger partial charge is 0.331 e. The standard InChI is InChI=1S/C20H20N4O3/c1-14-8-9-15(2)17(10-14)19(25)12-27-20(26)18(24-13-21-22-23-24)11-16-6-4-3-5-7-16/h3-10,13,18H,11-12H2,1-2H3/t18-/m0/s1. The van der Waals surface area contributed by atoms with Crippen LogP contribution in [0.3, 0.4) is 0 Å². The van der Waals surface area contributed by atoms with E-state index in [1.165, 1.54) is 11.0 Å². The Labute approximate surface area is 157 Å². The number of benzene rings is 2. The number of hydrogen-bond acceptors (Lipinski definition) is 6. The summed E-state index contributed by atoms with van der Waals surface area (Å²) in [5.41, 5.74) is 3.33. The van der Waals surface area contributed by atoms with Crippen molar-refractivity contribution in [2.45, 2.75) is 26.3 Å². The molecule has 1 aromatic heterocycles. The van der Waals surface area contributed by atoms with Gasteiger partial charge in [-0.2, -0.15) is 0 Å². The van der Waals surface area contributed by atoms with Crippen LogP contribution in [0.25, 0.3) is 0 Å². The molecule has 0 unspecified atom stereocenters. The van der Waals surface area contributed by atoms with Gasteiger partial charge in [0.05, 0.1) is 0 Å². The van der Waals surface area contributed by atoms with Crippen LogP contribution < -0.4 is 0 Å². The maximum absolute atomic E-state index is 12.6. The Kier molecular flexibility index (Phi) is 5.71. The Balaban J connectivity index is 1.71. The summed E-state index contributed by atoms with van der Waals surface area (Å²) in [6.45, 7) is 3.44. The van der Waals surface area contributed by atoms with E-state index in [0.29, 0.717) is 12.0 Å². The summed E-state index contributed by atoms with van der Waals surface area (Å²) in [7, 11) is 0. The predicted octanol–water partition coefficient (Wildman–Crippen LogP) is 2.50. The number of rotatable bonds is 7. The molecule has 1 atom stereocenters. The number of aromatic nitrogens is 4. The van der Waals surface area contributed by atoms with E-state index in [1.54, 1.807) is 6.07 Å². The van der Waals surface area contributed by atoms with E-state index in [2.05, 4.69) is 15.5 Å². The summed E-state index contributed by atoms with van der Waals surface area (Å²) in [5, 5.41) is 11.0. The van der Waals surface area contributed by atoms with Gasteiger partial charge in [-0.15, -0.1) is 5.10 Å². The molecule has 0 aliphatic heterocycles. The van der Waals surface area contributed by atoms with Crippen molar-refractivity contribution in [3.05, 3.63) is 77.1 Å². The van der Waals surface area contributed by atoms with E-state index in [9.17, 15) is 9.59 Å². The lowest BCUT2D eigenvalue weighted by Crippen LogP contribution is -2.27. The summed E-state index contributed by atoms with van der Waals surface area (Å²) in [6, 6.07) is 14.4. The van der Waals surface area contributed by atoms with Crippen LogP contribution >= 0.6 is 0 Å². The first-order chi connectivity index (χ1) is 13.0. The normalized spacial score (nSPS) is 11.8. The number of ether oxygens (including phenoxy) is 1. The van der Waals surface area contributed by atoms with Gasteiger partial charge in [0.15, 0.2) is 12.6 Å². The fraction of sp³-hybridized carbons (Fsp3) is 0.250. The Morgan fingerprint density at radius 2 is 1.89 bits per heavy atom. The summed E-state index contributed by atoms with van der Waals surface area (Å²) in [5.74, 6) is -0.787. The van der Waals surface area contributed by atoms with Crippen molar-refractivity contribution in [3.63, 3.8) is 0 Å². The van der Waals surface area contributed by atoms with Gasteiger partial charge in [-0.1, -0.05) is 48.0 Å². The zero-order valence-corrected chi connectivity index (χ0v) is 15.2. The number of carbonyl (C=O) groups excluding carboxylic acids is 2. The molecule has 0 fully saturated rings. The van der Waals surface area contributed by atoms with E-state index in [-0.39, 0.29) is 12.4 Å². The molecular formula is C20H20N4O3. The number of Topliss-reactive ketones (excluding diaryl/α,β-unsaturated/α-hetero) is 1. The molecule has 0 amide bonds. The molecule has 0 N–H and O–H groups in total. The summed E-state index contributed by atoms with van der Waals surface area (Å²) < 4.78 is 6.65. The van der Waals surface area contributed by atoms with Gasteiger partial charge in [0, 0.05) is 12.0 Å². The number of aryl methyl sites for hydroxylation is 2. The van der Waals surface area contributed by atoms with Gasteiger partial charge in [-0.25, -0.2) is 9.48 Å². The molecule has 0 aliphatic rings. The number of nitrogens with zero attached hydrogens (tertiary/aromatic N) is 4. The van der Waals surface area contributed by atoms with Gasteiger partial charge in [0.2, 0.25) is 5.78 Å². The van der Waals surface area contributed by atoms with Crippen LogP contribution in [0, 0.1) is 13.8 Å². The van der Waals surface area contributed by atoms with E-state index in [1.807, 2.05) is 56.3 Å². The summed E-state index contributed by atoms with van der Waals surface area (Å²) in [6.07, 6.45) is 1.73. The molecule has 0 bridgehead atoms. The third-order valence-electron chi connectivity index (χ3n) is 4.27. The molecule has 7 nitrogen and oxygen atoms in total. The fourth-order valence-electron chi connectivity index (χ4n) is 2.78. The largest absolute Gasteiger partial charge is 0.456 e. The van der Waals surface area contributed by atoms with Crippen molar-refractivity contribution >= 4 is 11.8 Å².